The summed E-state index contributed by atoms with van der Waals surface area (Å²) in [5.74, 6) is 0.418. The minimum absolute atomic E-state index is 0.222. The van der Waals surface area contributed by atoms with Gasteiger partial charge in [-0.25, -0.2) is 9.37 Å². The maximum Gasteiger partial charge on any atom is 0.151 e. The molecule has 0 aliphatic rings. The number of anilines is 2. The maximum absolute atomic E-state index is 13.5. The van der Waals surface area contributed by atoms with Crippen molar-refractivity contribution >= 4 is 27.4 Å². The van der Waals surface area contributed by atoms with Crippen molar-refractivity contribution in [2.24, 2.45) is 0 Å². The van der Waals surface area contributed by atoms with Gasteiger partial charge >= 0.3 is 0 Å². The number of pyridine rings is 1. The van der Waals surface area contributed by atoms with Crippen LogP contribution in [0.5, 0.6) is 0 Å². The molecule has 0 fully saturated rings. The second kappa shape index (κ2) is 5.35. The van der Waals surface area contributed by atoms with E-state index in [-0.39, 0.29) is 5.82 Å². The monoisotopic (exact) mass is 309 g/mol. The van der Waals surface area contributed by atoms with E-state index in [1.54, 1.807) is 24.4 Å². The molecule has 2 N–H and O–H groups in total. The molecule has 0 unspecified atom stereocenters. The van der Waals surface area contributed by atoms with E-state index in [2.05, 4.69) is 20.9 Å². The van der Waals surface area contributed by atoms with Gasteiger partial charge in [-0.1, -0.05) is 18.2 Å². The number of nitrogen functional groups attached to an aromatic ring is 1. The number of aromatic nitrogens is 1. The fraction of sp³-hybridized carbons (Fsp3) is 0.154. The normalized spacial score (nSPS) is 10.4. The van der Waals surface area contributed by atoms with Crippen molar-refractivity contribution in [1.82, 2.24) is 4.98 Å². The Balaban J connectivity index is 2.22. The summed E-state index contributed by atoms with van der Waals surface area (Å²) in [6, 6.07) is 8.46. The lowest BCUT2D eigenvalue weighted by Gasteiger charge is -2.20. The Morgan fingerprint density at radius 1 is 1.39 bits per heavy atom. The summed E-state index contributed by atoms with van der Waals surface area (Å²) in [6.45, 7) is 0.422. The molecule has 0 aliphatic carbocycles. The largest absolute Gasteiger partial charge is 0.396 e. The molecule has 0 bridgehead atoms. The first-order valence-electron chi connectivity index (χ1n) is 5.43. The highest BCUT2D eigenvalue weighted by atomic mass is 79.9. The van der Waals surface area contributed by atoms with Crippen LogP contribution in [0.3, 0.4) is 0 Å². The van der Waals surface area contributed by atoms with Gasteiger partial charge in [-0.15, -0.1) is 0 Å². The molecule has 94 valence electrons. The molecule has 3 nitrogen and oxygen atoms in total. The molecule has 0 radical (unpaired) electrons. The molecular formula is C13H13BrFN3. The van der Waals surface area contributed by atoms with Crippen molar-refractivity contribution in [3.05, 3.63) is 52.4 Å². The molecule has 2 aromatic rings. The van der Waals surface area contributed by atoms with Gasteiger partial charge in [0.25, 0.3) is 0 Å². The first-order chi connectivity index (χ1) is 8.58. The van der Waals surface area contributed by atoms with E-state index in [0.717, 1.165) is 4.47 Å². The molecule has 0 aliphatic heterocycles. The number of hydrogen-bond acceptors (Lipinski definition) is 3. The minimum Gasteiger partial charge on any atom is -0.396 e. The lowest BCUT2D eigenvalue weighted by atomic mass is 10.2. The van der Waals surface area contributed by atoms with Crippen LogP contribution in [0, 0.1) is 5.82 Å². The number of nitrogens with zero attached hydrogens (tertiary/aromatic N) is 2. The van der Waals surface area contributed by atoms with Gasteiger partial charge in [0.15, 0.2) is 5.82 Å². The summed E-state index contributed by atoms with van der Waals surface area (Å²) in [4.78, 5) is 6.05. The van der Waals surface area contributed by atoms with Gasteiger partial charge in [0.2, 0.25) is 0 Å². The molecule has 5 heteroatoms. The molecule has 0 saturated heterocycles. The van der Waals surface area contributed by atoms with Crippen molar-refractivity contribution in [1.29, 1.82) is 0 Å². The third kappa shape index (κ3) is 2.79. The van der Waals surface area contributed by atoms with E-state index in [1.807, 2.05) is 18.0 Å². The van der Waals surface area contributed by atoms with Gasteiger partial charge < -0.3 is 10.6 Å². The van der Waals surface area contributed by atoms with Crippen LogP contribution in [0.25, 0.3) is 0 Å². The maximum atomic E-state index is 13.5. The standard InChI is InChI=1S/C13H13BrFN3/c1-18(8-9-4-2-3-5-11(9)15)13-12(16)6-10(14)7-17-13/h2-7H,8,16H2,1H3. The van der Waals surface area contributed by atoms with Crippen LogP contribution in [0.4, 0.5) is 15.9 Å². The van der Waals surface area contributed by atoms with E-state index in [1.165, 1.54) is 6.07 Å². The molecule has 0 atom stereocenters. The fourth-order valence-electron chi connectivity index (χ4n) is 1.72. The Labute approximate surface area is 114 Å². The highest BCUT2D eigenvalue weighted by Crippen LogP contribution is 2.24. The molecule has 0 saturated carbocycles. The Bertz CT molecular complexity index is 560. The van der Waals surface area contributed by atoms with Crippen LogP contribution < -0.4 is 10.6 Å². The zero-order valence-electron chi connectivity index (χ0n) is 9.90. The van der Waals surface area contributed by atoms with Crippen LogP contribution in [0.2, 0.25) is 0 Å². The third-order valence-electron chi connectivity index (χ3n) is 2.59. The van der Waals surface area contributed by atoms with Crippen molar-refractivity contribution in [2.45, 2.75) is 6.54 Å². The van der Waals surface area contributed by atoms with Gasteiger partial charge in [-0.2, -0.15) is 0 Å². The summed E-state index contributed by atoms with van der Waals surface area (Å²) >= 11 is 3.30. The Hall–Kier alpha value is -1.62. The zero-order chi connectivity index (χ0) is 13.1. The summed E-state index contributed by atoms with van der Waals surface area (Å²) in [6.07, 6.45) is 1.67. The lowest BCUT2D eigenvalue weighted by Crippen LogP contribution is -2.19. The Morgan fingerprint density at radius 3 is 2.78 bits per heavy atom. The Morgan fingerprint density at radius 2 is 2.11 bits per heavy atom. The average molecular weight is 310 g/mol. The molecule has 1 heterocycles. The highest BCUT2D eigenvalue weighted by Gasteiger charge is 2.10. The molecule has 0 spiro atoms. The summed E-state index contributed by atoms with van der Waals surface area (Å²) in [7, 11) is 1.83. The predicted molar refractivity (Wildman–Crippen MR) is 74.9 cm³/mol. The first-order valence-corrected chi connectivity index (χ1v) is 6.23. The zero-order valence-corrected chi connectivity index (χ0v) is 11.5. The van der Waals surface area contributed by atoms with E-state index in [0.29, 0.717) is 23.6 Å². The van der Waals surface area contributed by atoms with Crippen molar-refractivity contribution < 1.29 is 4.39 Å². The van der Waals surface area contributed by atoms with Gasteiger partial charge in [-0.3, -0.25) is 0 Å². The van der Waals surface area contributed by atoms with Gasteiger partial charge in [0.1, 0.15) is 5.82 Å². The number of rotatable bonds is 3. The van der Waals surface area contributed by atoms with Crippen LogP contribution in [0.1, 0.15) is 5.56 Å². The fourth-order valence-corrected chi connectivity index (χ4v) is 2.07. The molecular weight excluding hydrogens is 297 g/mol. The van der Waals surface area contributed by atoms with Crippen LogP contribution in [-0.2, 0) is 6.54 Å². The predicted octanol–water partition coefficient (Wildman–Crippen LogP) is 3.20. The number of benzene rings is 1. The molecule has 1 aromatic heterocycles. The van der Waals surface area contributed by atoms with Crippen LogP contribution in [0.15, 0.2) is 41.0 Å². The quantitative estimate of drug-likeness (QED) is 0.946. The highest BCUT2D eigenvalue weighted by molar-refractivity contribution is 9.10. The third-order valence-corrected chi connectivity index (χ3v) is 3.02. The SMILES string of the molecule is CN(Cc1ccccc1F)c1ncc(Br)cc1N. The van der Waals surface area contributed by atoms with Gasteiger partial charge in [0, 0.05) is 29.8 Å². The van der Waals surface area contributed by atoms with E-state index < -0.39 is 0 Å². The molecule has 2 rings (SSSR count). The number of nitrogens with two attached hydrogens (primary N) is 1. The van der Waals surface area contributed by atoms with Crippen molar-refractivity contribution in [2.75, 3.05) is 17.7 Å². The van der Waals surface area contributed by atoms with E-state index in [4.69, 9.17) is 5.73 Å². The minimum atomic E-state index is -0.222. The van der Waals surface area contributed by atoms with Crippen LogP contribution in [-0.4, -0.2) is 12.0 Å². The number of halogens is 2. The summed E-state index contributed by atoms with van der Waals surface area (Å²) in [5.41, 5.74) is 7.06. The second-order valence-electron chi connectivity index (χ2n) is 4.01. The average Bonchev–Trinajstić information content (AvgIpc) is 2.32. The van der Waals surface area contributed by atoms with E-state index >= 15 is 0 Å². The van der Waals surface area contributed by atoms with Gasteiger partial charge in [-0.05, 0) is 28.1 Å². The van der Waals surface area contributed by atoms with Gasteiger partial charge in [0.05, 0.1) is 5.69 Å². The Kier molecular flexibility index (Phi) is 3.81. The topological polar surface area (TPSA) is 42.2 Å². The first kappa shape index (κ1) is 12.8. The molecule has 1 aromatic carbocycles. The van der Waals surface area contributed by atoms with Crippen LogP contribution >= 0.6 is 15.9 Å². The van der Waals surface area contributed by atoms with Crippen molar-refractivity contribution in [3.63, 3.8) is 0 Å². The second-order valence-corrected chi connectivity index (χ2v) is 4.93. The van der Waals surface area contributed by atoms with Crippen molar-refractivity contribution in [3.8, 4) is 0 Å². The number of hydrogen-bond donors (Lipinski definition) is 1. The summed E-state index contributed by atoms with van der Waals surface area (Å²) < 4.78 is 14.4. The molecule has 0 amide bonds. The summed E-state index contributed by atoms with van der Waals surface area (Å²) in [5, 5.41) is 0. The van der Waals surface area contributed by atoms with E-state index in [9.17, 15) is 4.39 Å². The smallest absolute Gasteiger partial charge is 0.151 e. The lowest BCUT2D eigenvalue weighted by molar-refractivity contribution is 0.607. The molecule has 18 heavy (non-hydrogen) atoms.